The highest BCUT2D eigenvalue weighted by atomic mass is 16.1. The van der Waals surface area contributed by atoms with E-state index < -0.39 is 0 Å². The monoisotopic (exact) mass is 150 g/mol. The third-order valence-corrected chi connectivity index (χ3v) is 1.50. The van der Waals surface area contributed by atoms with Crippen LogP contribution in [0, 0.1) is 6.92 Å². The Balaban J connectivity index is 3.02. The third-order valence-electron chi connectivity index (χ3n) is 1.50. The molecule has 0 spiro atoms. The van der Waals surface area contributed by atoms with Crippen molar-refractivity contribution < 1.29 is 0 Å². The summed E-state index contributed by atoms with van der Waals surface area (Å²) in [4.78, 5) is 10.9. The fraction of sp³-hybridized carbons (Fsp3) is 0.167. The van der Waals surface area contributed by atoms with Crippen LogP contribution in [0.5, 0.6) is 0 Å². The van der Waals surface area contributed by atoms with Gasteiger partial charge in [0.1, 0.15) is 0 Å². The van der Waals surface area contributed by atoms with Crippen molar-refractivity contribution >= 4 is 5.65 Å². The molecule has 2 heterocycles. The molecule has 0 aromatic carbocycles. The second-order valence-corrected chi connectivity index (χ2v) is 2.33. The molecule has 0 unspecified atom stereocenters. The van der Waals surface area contributed by atoms with Gasteiger partial charge in [-0.3, -0.25) is 4.79 Å². The Labute approximate surface area is 61.6 Å². The molecule has 0 amide bonds. The van der Waals surface area contributed by atoms with E-state index in [4.69, 9.17) is 0 Å². The van der Waals surface area contributed by atoms with E-state index in [2.05, 4.69) is 15.5 Å². The summed E-state index contributed by atoms with van der Waals surface area (Å²) in [5, 5.41) is 9.88. The molecule has 1 N–H and O–H groups in total. The molecule has 2 aromatic rings. The maximum absolute atomic E-state index is 10.9. The standard InChI is InChI=1S/C6H6N4O/c1-4-2-5(11)3-6-7-8-9-10(4)6/h2-3H,1H3,(H,7,9). The Kier molecular flexibility index (Phi) is 1.06. The Bertz CT molecular complexity index is 441. The van der Waals surface area contributed by atoms with Gasteiger partial charge in [0, 0.05) is 17.8 Å². The lowest BCUT2D eigenvalue weighted by molar-refractivity contribution is 0.803. The molecule has 11 heavy (non-hydrogen) atoms. The van der Waals surface area contributed by atoms with E-state index in [-0.39, 0.29) is 5.43 Å². The lowest BCUT2D eigenvalue weighted by Gasteiger charge is -1.93. The molecule has 5 nitrogen and oxygen atoms in total. The van der Waals surface area contributed by atoms with Gasteiger partial charge in [-0.1, -0.05) is 5.21 Å². The first-order valence-corrected chi connectivity index (χ1v) is 3.18. The average molecular weight is 150 g/mol. The second kappa shape index (κ2) is 1.91. The second-order valence-electron chi connectivity index (χ2n) is 2.33. The predicted octanol–water partition coefficient (Wildman–Crippen LogP) is -0.274. The smallest absolute Gasteiger partial charge is 0.184 e. The highest BCUT2D eigenvalue weighted by Crippen LogP contribution is 1.94. The normalized spacial score (nSPS) is 10.6. The average Bonchev–Trinajstić information content (AvgIpc) is 2.34. The molecule has 0 atom stereocenters. The van der Waals surface area contributed by atoms with Gasteiger partial charge in [0.25, 0.3) is 0 Å². The minimum Gasteiger partial charge on any atom is -0.290 e. The number of fused-ring (bicyclic) bond motifs is 1. The van der Waals surface area contributed by atoms with Crippen LogP contribution in [0.1, 0.15) is 5.69 Å². The largest absolute Gasteiger partial charge is 0.290 e. The zero-order valence-electron chi connectivity index (χ0n) is 5.90. The van der Waals surface area contributed by atoms with E-state index in [9.17, 15) is 4.79 Å². The van der Waals surface area contributed by atoms with Crippen molar-refractivity contribution in [3.05, 3.63) is 28.0 Å². The Morgan fingerprint density at radius 1 is 1.55 bits per heavy atom. The molecule has 2 rings (SSSR count). The first-order chi connectivity index (χ1) is 5.27. The van der Waals surface area contributed by atoms with Crippen LogP contribution in [0.2, 0.25) is 0 Å². The van der Waals surface area contributed by atoms with Crippen molar-refractivity contribution in [2.24, 2.45) is 0 Å². The van der Waals surface area contributed by atoms with Gasteiger partial charge in [-0.05, 0) is 6.92 Å². The van der Waals surface area contributed by atoms with Crippen LogP contribution >= 0.6 is 0 Å². The number of pyridine rings is 1. The Morgan fingerprint density at radius 2 is 2.36 bits per heavy atom. The molecule has 0 saturated carbocycles. The van der Waals surface area contributed by atoms with Crippen molar-refractivity contribution in [3.63, 3.8) is 0 Å². The maximum Gasteiger partial charge on any atom is 0.184 e. The summed E-state index contributed by atoms with van der Waals surface area (Å²) in [5.74, 6) is 0. The van der Waals surface area contributed by atoms with Crippen LogP contribution in [0.3, 0.4) is 0 Å². The molecule has 2 aromatic heterocycles. The van der Waals surface area contributed by atoms with E-state index in [1.165, 1.54) is 12.1 Å². The van der Waals surface area contributed by atoms with Gasteiger partial charge in [-0.25, -0.2) is 4.52 Å². The van der Waals surface area contributed by atoms with Crippen LogP contribution in [0.25, 0.3) is 5.65 Å². The zero-order valence-corrected chi connectivity index (χ0v) is 5.90. The quantitative estimate of drug-likeness (QED) is 0.562. The third kappa shape index (κ3) is 0.813. The van der Waals surface area contributed by atoms with Crippen LogP contribution in [-0.2, 0) is 0 Å². The molecular weight excluding hydrogens is 144 g/mol. The first-order valence-electron chi connectivity index (χ1n) is 3.18. The van der Waals surface area contributed by atoms with Gasteiger partial charge in [-0.15, -0.1) is 5.10 Å². The molecule has 0 fully saturated rings. The summed E-state index contributed by atoms with van der Waals surface area (Å²) >= 11 is 0. The Morgan fingerprint density at radius 3 is 3.18 bits per heavy atom. The van der Waals surface area contributed by atoms with Crippen LogP contribution < -0.4 is 5.43 Å². The van der Waals surface area contributed by atoms with Crippen molar-refractivity contribution in [2.75, 3.05) is 0 Å². The topological polar surface area (TPSA) is 63.0 Å². The number of rotatable bonds is 0. The van der Waals surface area contributed by atoms with Crippen LogP contribution in [0.4, 0.5) is 0 Å². The zero-order chi connectivity index (χ0) is 7.84. The van der Waals surface area contributed by atoms with E-state index in [1.807, 2.05) is 6.92 Å². The van der Waals surface area contributed by atoms with Gasteiger partial charge in [0.2, 0.25) is 0 Å². The fourth-order valence-electron chi connectivity index (χ4n) is 1.01. The molecular formula is C6H6N4O. The Hall–Kier alpha value is -1.65. The van der Waals surface area contributed by atoms with Crippen molar-refractivity contribution in [1.82, 2.24) is 20.0 Å². The number of hydrogen-bond acceptors (Lipinski definition) is 3. The molecule has 0 aliphatic heterocycles. The minimum atomic E-state index is -0.0450. The number of aryl methyl sites for hydroxylation is 1. The molecule has 0 radical (unpaired) electrons. The fourth-order valence-corrected chi connectivity index (χ4v) is 1.01. The van der Waals surface area contributed by atoms with E-state index in [0.29, 0.717) is 5.65 Å². The summed E-state index contributed by atoms with van der Waals surface area (Å²) in [6.45, 7) is 1.81. The van der Waals surface area contributed by atoms with Gasteiger partial charge in [-0.2, -0.15) is 5.21 Å². The summed E-state index contributed by atoms with van der Waals surface area (Å²) < 4.78 is 1.64. The summed E-state index contributed by atoms with van der Waals surface area (Å²) in [7, 11) is 0. The lowest BCUT2D eigenvalue weighted by Crippen LogP contribution is -2.03. The number of H-pyrrole nitrogens is 1. The highest BCUT2D eigenvalue weighted by Gasteiger charge is 1.98. The van der Waals surface area contributed by atoms with Crippen LogP contribution in [-0.4, -0.2) is 20.0 Å². The summed E-state index contributed by atoms with van der Waals surface area (Å²) in [5.41, 5.74) is 1.31. The molecule has 0 saturated heterocycles. The van der Waals surface area contributed by atoms with Crippen molar-refractivity contribution in [2.45, 2.75) is 6.92 Å². The molecule has 5 heteroatoms. The lowest BCUT2D eigenvalue weighted by atomic mass is 10.4. The van der Waals surface area contributed by atoms with Gasteiger partial charge in [0.05, 0.1) is 0 Å². The first kappa shape index (κ1) is 6.09. The summed E-state index contributed by atoms with van der Waals surface area (Å²) in [6, 6.07) is 2.95. The SMILES string of the molecule is Cc1cc(=O)cc2nn[nH]n12. The van der Waals surface area contributed by atoms with E-state index in [1.54, 1.807) is 4.52 Å². The van der Waals surface area contributed by atoms with Gasteiger partial charge < -0.3 is 0 Å². The number of tetrazole rings is 1. The number of nitrogens with one attached hydrogen (secondary N) is 1. The molecule has 56 valence electrons. The van der Waals surface area contributed by atoms with Crippen LogP contribution in [0.15, 0.2) is 16.9 Å². The van der Waals surface area contributed by atoms with Crippen molar-refractivity contribution in [3.8, 4) is 0 Å². The maximum atomic E-state index is 10.9. The molecule has 0 aliphatic carbocycles. The van der Waals surface area contributed by atoms with Gasteiger partial charge >= 0.3 is 0 Å². The number of aromatic nitrogens is 4. The molecule has 0 bridgehead atoms. The highest BCUT2D eigenvalue weighted by molar-refractivity contribution is 5.35. The van der Waals surface area contributed by atoms with E-state index >= 15 is 0 Å². The number of nitrogens with zero attached hydrogens (tertiary/aromatic N) is 3. The summed E-state index contributed by atoms with van der Waals surface area (Å²) in [6.07, 6.45) is 0. The van der Waals surface area contributed by atoms with Gasteiger partial charge in [0.15, 0.2) is 11.1 Å². The number of aromatic amines is 1. The predicted molar refractivity (Wildman–Crippen MR) is 38.3 cm³/mol. The number of hydrogen-bond donors (Lipinski definition) is 1. The van der Waals surface area contributed by atoms with Crippen molar-refractivity contribution in [1.29, 1.82) is 0 Å². The molecule has 0 aliphatic rings. The minimum absolute atomic E-state index is 0.0450. The van der Waals surface area contributed by atoms with E-state index in [0.717, 1.165) is 5.69 Å².